The monoisotopic (exact) mass is 441 g/mol. The van der Waals surface area contributed by atoms with Crippen LogP contribution in [0, 0.1) is 12.7 Å². The third-order valence-corrected chi connectivity index (χ3v) is 9.23. The molecule has 0 amide bonds. The molecule has 9 heteroatoms. The van der Waals surface area contributed by atoms with Crippen molar-refractivity contribution in [1.29, 1.82) is 0 Å². The van der Waals surface area contributed by atoms with E-state index in [2.05, 4.69) is 5.32 Å². The zero-order valence-corrected chi connectivity index (χ0v) is 17.9. The fourth-order valence-corrected chi connectivity index (χ4v) is 8.49. The highest BCUT2D eigenvalue weighted by Crippen LogP contribution is 2.32. The molecule has 0 aliphatic carbocycles. The maximum Gasteiger partial charge on any atom is 0.187 e. The van der Waals surface area contributed by atoms with Crippen molar-refractivity contribution in [3.8, 4) is 5.75 Å². The predicted octanol–water partition coefficient (Wildman–Crippen LogP) is 1.91. The van der Waals surface area contributed by atoms with Gasteiger partial charge in [-0.1, -0.05) is 18.2 Å². The summed E-state index contributed by atoms with van der Waals surface area (Å²) >= 11 is 0. The van der Waals surface area contributed by atoms with Crippen LogP contribution in [0.2, 0.25) is 0 Å². The molecule has 0 unspecified atom stereocenters. The van der Waals surface area contributed by atoms with E-state index < -0.39 is 36.7 Å². The second kappa shape index (κ2) is 8.41. The average Bonchev–Trinajstić information content (AvgIpc) is 2.98. The van der Waals surface area contributed by atoms with Gasteiger partial charge in [0.25, 0.3) is 0 Å². The molecule has 0 spiro atoms. The normalized spacial score (nSPS) is 21.2. The molecule has 3 rings (SSSR count). The molecular formula is C20H24FNO5S2. The largest absolute Gasteiger partial charge is 0.495 e. The third kappa shape index (κ3) is 4.96. The number of ether oxygens (including phenoxy) is 1. The van der Waals surface area contributed by atoms with Crippen LogP contribution in [0.3, 0.4) is 0 Å². The molecular weight excluding hydrogens is 417 g/mol. The van der Waals surface area contributed by atoms with Gasteiger partial charge >= 0.3 is 0 Å². The van der Waals surface area contributed by atoms with Gasteiger partial charge in [-0.25, -0.2) is 21.2 Å². The highest BCUT2D eigenvalue weighted by molar-refractivity contribution is 7.96. The number of methoxy groups -OCH3 is 1. The van der Waals surface area contributed by atoms with Gasteiger partial charge < -0.3 is 10.1 Å². The Balaban J connectivity index is 1.82. The number of hydrogen-bond acceptors (Lipinski definition) is 6. The molecule has 1 aliphatic heterocycles. The predicted molar refractivity (Wildman–Crippen MR) is 109 cm³/mol. The van der Waals surface area contributed by atoms with Gasteiger partial charge in [-0.15, -0.1) is 0 Å². The number of nitrogens with one attached hydrogen (secondary N) is 1. The highest BCUT2D eigenvalue weighted by atomic mass is 32.2. The fourth-order valence-electron chi connectivity index (χ4n) is 3.53. The molecule has 0 radical (unpaired) electrons. The number of aryl methyl sites for hydroxylation is 1. The first-order valence-electron chi connectivity index (χ1n) is 9.19. The van der Waals surface area contributed by atoms with Crippen molar-refractivity contribution in [3.63, 3.8) is 0 Å². The van der Waals surface area contributed by atoms with E-state index in [0.717, 1.165) is 11.1 Å². The first-order chi connectivity index (χ1) is 13.6. The SMILES string of the molecule is COc1ccc(C)cc1S(=O)(=O)[C@H]1CS(=O)(=O)C[C@@H]1NCCc1ccc(F)cc1. The first-order valence-corrected chi connectivity index (χ1v) is 12.6. The molecule has 0 aromatic heterocycles. The van der Waals surface area contributed by atoms with Gasteiger partial charge in [0.2, 0.25) is 0 Å². The summed E-state index contributed by atoms with van der Waals surface area (Å²) in [5.74, 6) is -0.804. The Morgan fingerprint density at radius 1 is 1.14 bits per heavy atom. The van der Waals surface area contributed by atoms with E-state index in [9.17, 15) is 21.2 Å². The Morgan fingerprint density at radius 2 is 1.83 bits per heavy atom. The number of benzene rings is 2. The van der Waals surface area contributed by atoms with Gasteiger partial charge in [0.15, 0.2) is 19.7 Å². The summed E-state index contributed by atoms with van der Waals surface area (Å²) in [7, 11) is -6.06. The summed E-state index contributed by atoms with van der Waals surface area (Å²) in [4.78, 5) is 0.00688. The maximum atomic E-state index is 13.3. The van der Waals surface area contributed by atoms with Crippen LogP contribution in [-0.2, 0) is 26.1 Å². The van der Waals surface area contributed by atoms with Gasteiger partial charge in [0.05, 0.1) is 23.9 Å². The summed E-state index contributed by atoms with van der Waals surface area (Å²) in [6.45, 7) is 2.14. The van der Waals surface area contributed by atoms with E-state index in [1.54, 1.807) is 31.2 Å². The number of hydrogen-bond donors (Lipinski definition) is 1. The van der Waals surface area contributed by atoms with E-state index in [-0.39, 0.29) is 22.2 Å². The summed E-state index contributed by atoms with van der Waals surface area (Å²) in [5.41, 5.74) is 1.62. The minimum atomic E-state index is -3.94. The lowest BCUT2D eigenvalue weighted by atomic mass is 10.1. The Bertz CT molecular complexity index is 1080. The number of rotatable bonds is 7. The van der Waals surface area contributed by atoms with Crippen LogP contribution < -0.4 is 10.1 Å². The summed E-state index contributed by atoms with van der Waals surface area (Å²) < 4.78 is 69.3. The van der Waals surface area contributed by atoms with Crippen molar-refractivity contribution in [2.45, 2.75) is 29.5 Å². The van der Waals surface area contributed by atoms with E-state index in [4.69, 9.17) is 4.74 Å². The topological polar surface area (TPSA) is 89.5 Å². The second-order valence-electron chi connectivity index (χ2n) is 7.25. The smallest absolute Gasteiger partial charge is 0.187 e. The molecule has 2 aromatic rings. The molecule has 1 N–H and O–H groups in total. The van der Waals surface area contributed by atoms with Crippen LogP contribution >= 0.6 is 0 Å². The minimum Gasteiger partial charge on any atom is -0.495 e. The van der Waals surface area contributed by atoms with E-state index >= 15 is 0 Å². The molecule has 1 aliphatic rings. The first kappa shape index (κ1) is 21.7. The van der Waals surface area contributed by atoms with Crippen molar-refractivity contribution in [2.24, 2.45) is 0 Å². The molecule has 1 saturated heterocycles. The van der Waals surface area contributed by atoms with Crippen LogP contribution in [0.1, 0.15) is 11.1 Å². The van der Waals surface area contributed by atoms with E-state index in [1.807, 2.05) is 0 Å². The summed E-state index contributed by atoms with van der Waals surface area (Å²) in [5, 5.41) is 1.98. The molecule has 1 fully saturated rings. The van der Waals surface area contributed by atoms with Crippen molar-refractivity contribution >= 4 is 19.7 Å². The lowest BCUT2D eigenvalue weighted by molar-refractivity contribution is 0.402. The van der Waals surface area contributed by atoms with Gasteiger partial charge in [0, 0.05) is 6.04 Å². The Labute approximate surface area is 170 Å². The van der Waals surface area contributed by atoms with Crippen molar-refractivity contribution < 1.29 is 26.0 Å². The Morgan fingerprint density at radius 3 is 2.48 bits per heavy atom. The molecule has 1 heterocycles. The van der Waals surface area contributed by atoms with E-state index in [1.165, 1.54) is 25.3 Å². The second-order valence-corrected chi connectivity index (χ2v) is 11.5. The van der Waals surface area contributed by atoms with Crippen LogP contribution in [-0.4, -0.2) is 53.3 Å². The Kier molecular flexibility index (Phi) is 6.30. The minimum absolute atomic E-state index is 0.00688. The van der Waals surface area contributed by atoms with Crippen molar-refractivity contribution in [2.75, 3.05) is 25.2 Å². The number of sulfone groups is 2. The summed E-state index contributed by atoms with van der Waals surface area (Å²) in [6, 6.07) is 10.1. The quantitative estimate of drug-likeness (QED) is 0.706. The standard InChI is InChI=1S/C20H24FNO5S2/c1-14-3-8-18(27-2)19(11-14)29(25,26)20-13-28(23,24)12-17(20)22-10-9-15-4-6-16(21)7-5-15/h3-8,11,17,20,22H,9-10,12-13H2,1-2H3/t17-,20-/m0/s1. The van der Waals surface area contributed by atoms with Crippen molar-refractivity contribution in [3.05, 3.63) is 59.4 Å². The van der Waals surface area contributed by atoms with E-state index in [0.29, 0.717) is 13.0 Å². The van der Waals surface area contributed by atoms with Crippen LogP contribution in [0.5, 0.6) is 5.75 Å². The van der Waals surface area contributed by atoms with Crippen LogP contribution in [0.15, 0.2) is 47.4 Å². The highest BCUT2D eigenvalue weighted by Gasteiger charge is 2.46. The van der Waals surface area contributed by atoms with Gasteiger partial charge in [-0.05, 0) is 55.3 Å². The molecule has 2 atom stereocenters. The number of halogens is 1. The average molecular weight is 442 g/mol. The molecule has 6 nitrogen and oxygen atoms in total. The fraction of sp³-hybridized carbons (Fsp3) is 0.400. The zero-order chi connectivity index (χ0) is 21.2. The van der Waals surface area contributed by atoms with Crippen molar-refractivity contribution in [1.82, 2.24) is 5.32 Å². The lowest BCUT2D eigenvalue weighted by Crippen LogP contribution is -2.44. The zero-order valence-electron chi connectivity index (χ0n) is 16.3. The maximum absolute atomic E-state index is 13.3. The van der Waals surface area contributed by atoms with Crippen LogP contribution in [0.25, 0.3) is 0 Å². The van der Waals surface area contributed by atoms with Gasteiger partial charge in [-0.2, -0.15) is 0 Å². The summed E-state index contributed by atoms with van der Waals surface area (Å²) in [6.07, 6.45) is 0.525. The molecule has 0 saturated carbocycles. The van der Waals surface area contributed by atoms with Gasteiger partial charge in [0.1, 0.15) is 16.5 Å². The Hall–Kier alpha value is -1.97. The van der Waals surface area contributed by atoms with Gasteiger partial charge in [-0.3, -0.25) is 0 Å². The molecule has 2 aromatic carbocycles. The molecule has 158 valence electrons. The van der Waals surface area contributed by atoms with Crippen LogP contribution in [0.4, 0.5) is 4.39 Å². The molecule has 29 heavy (non-hydrogen) atoms. The lowest BCUT2D eigenvalue weighted by Gasteiger charge is -2.21. The third-order valence-electron chi connectivity index (χ3n) is 5.06. The molecule has 0 bridgehead atoms.